The number of nitrogens with zero attached hydrogens (tertiary/aromatic N) is 1. The second kappa shape index (κ2) is 6.49. The minimum atomic E-state index is -0.605. The highest BCUT2D eigenvalue weighted by molar-refractivity contribution is 6.07. The number of hydrogen-bond acceptors (Lipinski definition) is 5. The monoisotopic (exact) mass is 300 g/mol. The highest BCUT2D eigenvalue weighted by Gasteiger charge is 2.18. The van der Waals surface area contributed by atoms with Crippen molar-refractivity contribution in [2.24, 2.45) is 0 Å². The Morgan fingerprint density at radius 1 is 1.09 bits per heavy atom. The molecule has 1 N–H and O–H groups in total. The molecule has 0 bridgehead atoms. The first-order valence-corrected chi connectivity index (χ1v) is 6.31. The summed E-state index contributed by atoms with van der Waals surface area (Å²) in [5.74, 6) is -1.08. The third-order valence-corrected chi connectivity index (χ3v) is 2.73. The Kier molecular flexibility index (Phi) is 4.47. The van der Waals surface area contributed by atoms with Gasteiger partial charge >= 0.3 is 5.97 Å². The molecule has 1 amide bonds. The van der Waals surface area contributed by atoms with E-state index in [4.69, 9.17) is 4.74 Å². The van der Waals surface area contributed by atoms with Crippen LogP contribution in [-0.2, 0) is 4.79 Å². The average Bonchev–Trinajstić information content (AvgIpc) is 2.47. The molecule has 0 aliphatic rings. The van der Waals surface area contributed by atoms with Gasteiger partial charge in [-0.25, -0.2) is 0 Å². The molecule has 0 saturated carbocycles. The maximum atomic E-state index is 12.3. The van der Waals surface area contributed by atoms with Crippen LogP contribution in [0.3, 0.4) is 0 Å². The van der Waals surface area contributed by atoms with E-state index in [0.29, 0.717) is 0 Å². The van der Waals surface area contributed by atoms with Crippen LogP contribution in [0.4, 0.5) is 11.4 Å². The van der Waals surface area contributed by atoms with Crippen LogP contribution in [0.25, 0.3) is 0 Å². The van der Waals surface area contributed by atoms with E-state index in [0.717, 1.165) is 0 Å². The van der Waals surface area contributed by atoms with E-state index in [1.54, 1.807) is 18.2 Å². The number of rotatable bonds is 4. The van der Waals surface area contributed by atoms with Crippen molar-refractivity contribution in [3.05, 3.63) is 64.2 Å². The van der Waals surface area contributed by atoms with E-state index in [2.05, 4.69) is 5.32 Å². The first-order chi connectivity index (χ1) is 10.5. The number of hydrogen-bond donors (Lipinski definition) is 1. The third kappa shape index (κ3) is 3.45. The van der Waals surface area contributed by atoms with Gasteiger partial charge in [0, 0.05) is 13.0 Å². The number of nitro benzene ring substituents is 1. The second-order valence-corrected chi connectivity index (χ2v) is 4.32. The van der Waals surface area contributed by atoms with Crippen LogP contribution in [0.1, 0.15) is 17.3 Å². The fourth-order valence-electron chi connectivity index (χ4n) is 1.83. The van der Waals surface area contributed by atoms with Crippen molar-refractivity contribution in [3.8, 4) is 5.75 Å². The lowest BCUT2D eigenvalue weighted by Gasteiger charge is -2.09. The molecular formula is C15H12N2O5. The van der Waals surface area contributed by atoms with Crippen LogP contribution < -0.4 is 10.1 Å². The van der Waals surface area contributed by atoms with Gasteiger partial charge in [-0.3, -0.25) is 19.7 Å². The van der Waals surface area contributed by atoms with Gasteiger partial charge in [0.05, 0.1) is 10.5 Å². The first kappa shape index (κ1) is 15.2. The SMILES string of the molecule is CC(=O)Oc1ccccc1C(=O)Nc1ccccc1[N+](=O)[O-]. The van der Waals surface area contributed by atoms with Gasteiger partial charge in [-0.05, 0) is 18.2 Å². The molecule has 0 aliphatic carbocycles. The molecule has 2 aromatic rings. The van der Waals surface area contributed by atoms with Gasteiger partial charge in [-0.15, -0.1) is 0 Å². The number of para-hydroxylation sites is 3. The summed E-state index contributed by atoms with van der Waals surface area (Å²) in [4.78, 5) is 33.7. The maximum absolute atomic E-state index is 12.3. The Morgan fingerprint density at radius 3 is 2.41 bits per heavy atom. The highest BCUT2D eigenvalue weighted by Crippen LogP contribution is 2.25. The normalized spacial score (nSPS) is 9.86. The Bertz CT molecular complexity index is 742. The third-order valence-electron chi connectivity index (χ3n) is 2.73. The van der Waals surface area contributed by atoms with Crippen molar-refractivity contribution < 1.29 is 19.2 Å². The Balaban J connectivity index is 2.31. The quantitative estimate of drug-likeness (QED) is 0.405. The van der Waals surface area contributed by atoms with Crippen LogP contribution in [-0.4, -0.2) is 16.8 Å². The van der Waals surface area contributed by atoms with Gasteiger partial charge in [-0.1, -0.05) is 24.3 Å². The zero-order valence-corrected chi connectivity index (χ0v) is 11.6. The van der Waals surface area contributed by atoms with Crippen molar-refractivity contribution >= 4 is 23.3 Å². The molecule has 7 heteroatoms. The summed E-state index contributed by atoms with van der Waals surface area (Å²) in [6.07, 6.45) is 0. The number of carbonyl (C=O) groups is 2. The van der Waals surface area contributed by atoms with Crippen LogP contribution >= 0.6 is 0 Å². The largest absolute Gasteiger partial charge is 0.426 e. The summed E-state index contributed by atoms with van der Waals surface area (Å²) < 4.78 is 4.95. The van der Waals surface area contributed by atoms with Crippen molar-refractivity contribution in [1.29, 1.82) is 0 Å². The lowest BCUT2D eigenvalue weighted by Crippen LogP contribution is -2.15. The van der Waals surface area contributed by atoms with Gasteiger partial charge < -0.3 is 10.1 Å². The Labute approximate surface area is 125 Å². The van der Waals surface area contributed by atoms with E-state index < -0.39 is 16.8 Å². The molecule has 0 unspecified atom stereocenters. The predicted molar refractivity (Wildman–Crippen MR) is 78.8 cm³/mol. The van der Waals surface area contributed by atoms with E-state index in [9.17, 15) is 19.7 Å². The zero-order chi connectivity index (χ0) is 16.1. The average molecular weight is 300 g/mol. The highest BCUT2D eigenvalue weighted by atomic mass is 16.6. The lowest BCUT2D eigenvalue weighted by atomic mass is 10.1. The molecule has 0 fully saturated rings. The van der Waals surface area contributed by atoms with Gasteiger partial charge in [0.25, 0.3) is 11.6 Å². The van der Waals surface area contributed by atoms with Crippen LogP contribution in [0.2, 0.25) is 0 Å². The molecule has 2 rings (SSSR count). The van der Waals surface area contributed by atoms with Crippen molar-refractivity contribution in [2.75, 3.05) is 5.32 Å². The molecule has 0 saturated heterocycles. The van der Waals surface area contributed by atoms with E-state index >= 15 is 0 Å². The van der Waals surface area contributed by atoms with Crippen LogP contribution in [0.15, 0.2) is 48.5 Å². The molecule has 7 nitrogen and oxygen atoms in total. The van der Waals surface area contributed by atoms with Crippen LogP contribution in [0.5, 0.6) is 5.75 Å². The molecule has 22 heavy (non-hydrogen) atoms. The molecule has 0 aromatic heterocycles. The number of carbonyl (C=O) groups excluding carboxylic acids is 2. The van der Waals surface area contributed by atoms with Gasteiger partial charge in [-0.2, -0.15) is 0 Å². The molecular weight excluding hydrogens is 288 g/mol. The summed E-state index contributed by atoms with van der Waals surface area (Å²) in [5.41, 5.74) is -0.0493. The van der Waals surface area contributed by atoms with Crippen molar-refractivity contribution in [3.63, 3.8) is 0 Å². The summed E-state index contributed by atoms with van der Waals surface area (Å²) in [7, 11) is 0. The molecule has 0 radical (unpaired) electrons. The maximum Gasteiger partial charge on any atom is 0.308 e. The predicted octanol–water partition coefficient (Wildman–Crippen LogP) is 2.77. The number of amides is 1. The summed E-state index contributed by atoms with van der Waals surface area (Å²) >= 11 is 0. The number of ether oxygens (including phenoxy) is 1. The van der Waals surface area contributed by atoms with E-state index in [1.165, 1.54) is 37.3 Å². The number of anilines is 1. The first-order valence-electron chi connectivity index (χ1n) is 6.31. The lowest BCUT2D eigenvalue weighted by molar-refractivity contribution is -0.383. The molecule has 2 aromatic carbocycles. The number of esters is 1. The minimum absolute atomic E-state index is 0.0649. The molecule has 0 aliphatic heterocycles. The second-order valence-electron chi connectivity index (χ2n) is 4.32. The van der Waals surface area contributed by atoms with E-state index in [-0.39, 0.29) is 22.7 Å². The summed E-state index contributed by atoms with van der Waals surface area (Å²) in [6, 6.07) is 11.9. The number of nitro groups is 1. The van der Waals surface area contributed by atoms with E-state index in [1.807, 2.05) is 0 Å². The van der Waals surface area contributed by atoms with Crippen LogP contribution in [0, 0.1) is 10.1 Å². The van der Waals surface area contributed by atoms with Gasteiger partial charge in [0.2, 0.25) is 0 Å². The molecule has 0 spiro atoms. The zero-order valence-electron chi connectivity index (χ0n) is 11.6. The topological polar surface area (TPSA) is 98.5 Å². The molecule has 0 atom stereocenters. The minimum Gasteiger partial charge on any atom is -0.426 e. The van der Waals surface area contributed by atoms with Gasteiger partial charge in [0.1, 0.15) is 11.4 Å². The Morgan fingerprint density at radius 2 is 1.73 bits per heavy atom. The molecule has 0 heterocycles. The fourth-order valence-corrected chi connectivity index (χ4v) is 1.83. The molecule has 112 valence electrons. The summed E-state index contributed by atoms with van der Waals surface area (Å²) in [6.45, 7) is 1.22. The Hall–Kier alpha value is -3.22. The number of benzene rings is 2. The van der Waals surface area contributed by atoms with Crippen molar-refractivity contribution in [1.82, 2.24) is 0 Å². The smallest absolute Gasteiger partial charge is 0.308 e. The number of nitrogens with one attached hydrogen (secondary N) is 1. The fraction of sp³-hybridized carbons (Fsp3) is 0.0667. The standard InChI is InChI=1S/C15H12N2O5/c1-10(18)22-14-9-5-2-6-11(14)15(19)16-12-7-3-4-8-13(12)17(20)21/h2-9H,1H3,(H,16,19). The summed E-state index contributed by atoms with van der Waals surface area (Å²) in [5, 5.41) is 13.4. The van der Waals surface area contributed by atoms with Crippen molar-refractivity contribution in [2.45, 2.75) is 6.92 Å². The van der Waals surface area contributed by atoms with Gasteiger partial charge in [0.15, 0.2) is 0 Å².